The summed E-state index contributed by atoms with van der Waals surface area (Å²) in [4.78, 5) is 23.7. The van der Waals surface area contributed by atoms with Gasteiger partial charge in [0.05, 0.1) is 16.1 Å². The van der Waals surface area contributed by atoms with Crippen molar-refractivity contribution in [3.05, 3.63) is 57.5 Å². The summed E-state index contributed by atoms with van der Waals surface area (Å²) in [7, 11) is -2.40. The number of carbonyl (C=O) groups is 1. The monoisotopic (exact) mass is 392 g/mol. The summed E-state index contributed by atoms with van der Waals surface area (Å²) >= 11 is 5.94. The first kappa shape index (κ1) is 16.9. The van der Waals surface area contributed by atoms with Gasteiger partial charge in [-0.25, -0.2) is 13.2 Å². The molecular weight excluding hydrogens is 380 g/mol. The second kappa shape index (κ2) is 5.72. The Balaban J connectivity index is 1.86. The molecule has 134 valence electrons. The minimum absolute atomic E-state index is 0.0189. The van der Waals surface area contributed by atoms with Gasteiger partial charge in [-0.3, -0.25) is 13.7 Å². The smallest absolute Gasteiger partial charge is 0.408 e. The van der Waals surface area contributed by atoms with Crippen molar-refractivity contribution in [3.63, 3.8) is 0 Å². The normalized spacial score (nSPS) is 14.7. The second-order valence-corrected chi connectivity index (χ2v) is 8.27. The number of hydrogen-bond acceptors (Lipinski definition) is 5. The van der Waals surface area contributed by atoms with E-state index in [0.29, 0.717) is 16.2 Å². The zero-order valence-corrected chi connectivity index (χ0v) is 15.2. The number of sulfonamides is 1. The van der Waals surface area contributed by atoms with Crippen molar-refractivity contribution in [1.82, 2.24) is 4.57 Å². The predicted molar refractivity (Wildman–Crippen MR) is 96.4 cm³/mol. The van der Waals surface area contributed by atoms with Crippen LogP contribution in [-0.4, -0.2) is 25.3 Å². The predicted octanol–water partition coefficient (Wildman–Crippen LogP) is 2.57. The number of carbonyl (C=O) groups excluding carboxylic acids is 1. The SMILES string of the molecule is Cn1c(=O)oc2cc(S(=O)(=O)N3CCC(=O)c4cc(Cl)ccc43)ccc21. The third kappa shape index (κ3) is 2.45. The standard InChI is InChI=1S/C17H13ClN2O5S/c1-19-14-5-3-11(9-16(14)25-17(19)22)26(23,24)20-7-6-15(21)12-8-10(18)2-4-13(12)20/h2-5,8-9H,6-7H2,1H3. The van der Waals surface area contributed by atoms with Gasteiger partial charge in [0.15, 0.2) is 11.4 Å². The molecule has 2 heterocycles. The zero-order chi connectivity index (χ0) is 18.6. The third-order valence-electron chi connectivity index (χ3n) is 4.42. The number of Topliss-reactive ketones (excluding diaryl/α,β-unsaturated/α-hetero) is 1. The van der Waals surface area contributed by atoms with Crippen molar-refractivity contribution in [2.45, 2.75) is 11.3 Å². The Hall–Kier alpha value is -2.58. The molecule has 0 spiro atoms. The molecule has 3 aromatic rings. The number of halogens is 1. The first-order valence-electron chi connectivity index (χ1n) is 7.74. The van der Waals surface area contributed by atoms with Gasteiger partial charge in [0.25, 0.3) is 10.0 Å². The number of ketones is 1. The zero-order valence-electron chi connectivity index (χ0n) is 13.6. The summed E-state index contributed by atoms with van der Waals surface area (Å²) in [5.74, 6) is -0.725. The van der Waals surface area contributed by atoms with Crippen LogP contribution in [0.25, 0.3) is 11.1 Å². The molecular formula is C17H13ClN2O5S. The highest BCUT2D eigenvalue weighted by atomic mass is 35.5. The molecule has 26 heavy (non-hydrogen) atoms. The Morgan fingerprint density at radius 3 is 2.65 bits per heavy atom. The van der Waals surface area contributed by atoms with Gasteiger partial charge < -0.3 is 4.42 Å². The summed E-state index contributed by atoms with van der Waals surface area (Å²) < 4.78 is 33.8. The number of aryl methyl sites for hydroxylation is 1. The molecule has 0 amide bonds. The van der Waals surface area contributed by atoms with Crippen molar-refractivity contribution in [2.75, 3.05) is 10.8 Å². The summed E-state index contributed by atoms with van der Waals surface area (Å²) in [6, 6.07) is 8.79. The number of benzene rings is 2. The largest absolute Gasteiger partial charge is 0.419 e. The molecule has 4 rings (SSSR count). The quantitative estimate of drug-likeness (QED) is 0.668. The average Bonchev–Trinajstić information content (AvgIpc) is 2.89. The van der Waals surface area contributed by atoms with Crippen LogP contribution in [0.5, 0.6) is 0 Å². The first-order valence-corrected chi connectivity index (χ1v) is 9.56. The van der Waals surface area contributed by atoms with Gasteiger partial charge >= 0.3 is 5.76 Å². The molecule has 0 bridgehead atoms. The Morgan fingerprint density at radius 1 is 1.12 bits per heavy atom. The van der Waals surface area contributed by atoms with Crippen molar-refractivity contribution >= 4 is 44.2 Å². The fourth-order valence-corrected chi connectivity index (χ4v) is 4.73. The maximum Gasteiger partial charge on any atom is 0.419 e. The number of rotatable bonds is 2. The van der Waals surface area contributed by atoms with Gasteiger partial charge in [0.1, 0.15) is 0 Å². The Bertz CT molecular complexity index is 1230. The van der Waals surface area contributed by atoms with E-state index in [9.17, 15) is 18.0 Å². The molecule has 1 aliphatic rings. The molecule has 9 heteroatoms. The van der Waals surface area contributed by atoms with Crippen LogP contribution in [-0.2, 0) is 17.1 Å². The van der Waals surface area contributed by atoms with Crippen molar-refractivity contribution in [1.29, 1.82) is 0 Å². The number of fused-ring (bicyclic) bond motifs is 2. The molecule has 1 aliphatic heterocycles. The fraction of sp³-hybridized carbons (Fsp3) is 0.176. The molecule has 0 fully saturated rings. The molecule has 0 radical (unpaired) electrons. The first-order chi connectivity index (χ1) is 12.3. The maximum absolute atomic E-state index is 13.1. The Morgan fingerprint density at radius 2 is 1.88 bits per heavy atom. The molecule has 0 atom stereocenters. The van der Waals surface area contributed by atoms with Crippen molar-refractivity contribution in [3.8, 4) is 0 Å². The molecule has 0 N–H and O–H groups in total. The Kier molecular flexibility index (Phi) is 3.71. The highest BCUT2D eigenvalue weighted by Gasteiger charge is 2.32. The number of oxazole rings is 1. The number of anilines is 1. The summed E-state index contributed by atoms with van der Waals surface area (Å²) in [5, 5.41) is 0.365. The van der Waals surface area contributed by atoms with E-state index in [-0.39, 0.29) is 34.8 Å². The summed E-state index contributed by atoms with van der Waals surface area (Å²) in [5.41, 5.74) is 1.25. The van der Waals surface area contributed by atoms with E-state index in [1.807, 2.05) is 0 Å². The summed E-state index contributed by atoms with van der Waals surface area (Å²) in [6.07, 6.45) is 0.0647. The molecule has 7 nitrogen and oxygen atoms in total. The minimum Gasteiger partial charge on any atom is -0.408 e. The van der Waals surface area contributed by atoms with Crippen LogP contribution in [0.3, 0.4) is 0 Å². The van der Waals surface area contributed by atoms with Crippen molar-refractivity contribution < 1.29 is 17.6 Å². The maximum atomic E-state index is 13.1. The molecule has 0 saturated carbocycles. The molecule has 0 saturated heterocycles. The van der Waals surface area contributed by atoms with Gasteiger partial charge in [-0.2, -0.15) is 0 Å². The van der Waals surface area contributed by atoms with E-state index < -0.39 is 15.8 Å². The lowest BCUT2D eigenvalue weighted by Gasteiger charge is -2.29. The van der Waals surface area contributed by atoms with Crippen LogP contribution >= 0.6 is 11.6 Å². The number of hydrogen-bond donors (Lipinski definition) is 0. The highest BCUT2D eigenvalue weighted by molar-refractivity contribution is 7.92. The van der Waals surface area contributed by atoms with E-state index in [2.05, 4.69) is 0 Å². The van der Waals surface area contributed by atoms with E-state index in [0.717, 1.165) is 0 Å². The van der Waals surface area contributed by atoms with E-state index in [1.54, 1.807) is 13.1 Å². The van der Waals surface area contributed by atoms with Crippen molar-refractivity contribution in [2.24, 2.45) is 7.05 Å². The third-order valence-corrected chi connectivity index (χ3v) is 6.47. The van der Waals surface area contributed by atoms with Crippen LogP contribution in [0.1, 0.15) is 16.8 Å². The van der Waals surface area contributed by atoms with Gasteiger partial charge in [-0.15, -0.1) is 0 Å². The van der Waals surface area contributed by atoms with Crippen LogP contribution in [0, 0.1) is 0 Å². The van der Waals surface area contributed by atoms with Gasteiger partial charge in [0.2, 0.25) is 0 Å². The van der Waals surface area contributed by atoms with E-state index >= 15 is 0 Å². The molecule has 2 aromatic carbocycles. The van der Waals surface area contributed by atoms with Crippen LogP contribution in [0.4, 0.5) is 5.69 Å². The fourth-order valence-electron chi connectivity index (χ4n) is 3.06. The van der Waals surface area contributed by atoms with Crippen LogP contribution in [0.15, 0.2) is 50.5 Å². The summed E-state index contributed by atoms with van der Waals surface area (Å²) in [6.45, 7) is 0.0343. The second-order valence-electron chi connectivity index (χ2n) is 5.97. The van der Waals surface area contributed by atoms with Gasteiger partial charge in [-0.05, 0) is 30.3 Å². The topological polar surface area (TPSA) is 89.6 Å². The molecule has 0 unspecified atom stereocenters. The van der Waals surface area contributed by atoms with E-state index in [1.165, 1.54) is 39.2 Å². The number of nitrogens with zero attached hydrogens (tertiary/aromatic N) is 2. The highest BCUT2D eigenvalue weighted by Crippen LogP contribution is 2.34. The lowest BCUT2D eigenvalue weighted by Crippen LogP contribution is -2.37. The average molecular weight is 393 g/mol. The van der Waals surface area contributed by atoms with E-state index in [4.69, 9.17) is 16.0 Å². The van der Waals surface area contributed by atoms with Crippen LogP contribution in [0.2, 0.25) is 5.02 Å². The Labute approximate surface area is 153 Å². The lowest BCUT2D eigenvalue weighted by molar-refractivity contribution is 0.0982. The lowest BCUT2D eigenvalue weighted by atomic mass is 10.0. The molecule has 1 aromatic heterocycles. The number of aromatic nitrogens is 1. The van der Waals surface area contributed by atoms with Gasteiger partial charge in [-0.1, -0.05) is 11.6 Å². The van der Waals surface area contributed by atoms with Gasteiger partial charge in [0, 0.05) is 36.7 Å². The molecule has 0 aliphatic carbocycles. The van der Waals surface area contributed by atoms with Crippen LogP contribution < -0.4 is 10.1 Å². The minimum atomic E-state index is -3.94.